The van der Waals surface area contributed by atoms with Gasteiger partial charge in [0.25, 0.3) is 5.69 Å². The number of anilines is 1. The number of nitro benzene ring substituents is 1. The second kappa shape index (κ2) is 7.20. The molecule has 9 heteroatoms. The number of halogens is 3. The van der Waals surface area contributed by atoms with Crippen molar-refractivity contribution < 1.29 is 22.8 Å². The second-order valence-electron chi connectivity index (χ2n) is 5.02. The monoisotopic (exact) mass is 353 g/mol. The summed E-state index contributed by atoms with van der Waals surface area (Å²) in [5.74, 6) is 0.655. The molecule has 0 amide bonds. The zero-order valence-corrected chi connectivity index (χ0v) is 13.3. The summed E-state index contributed by atoms with van der Waals surface area (Å²) in [7, 11) is 1.53. The first kappa shape index (κ1) is 18.2. The molecule has 0 aromatic heterocycles. The highest BCUT2D eigenvalue weighted by molar-refractivity contribution is 5.99. The van der Waals surface area contributed by atoms with E-state index in [1.807, 2.05) is 0 Å². The Kier molecular flexibility index (Phi) is 5.26. The van der Waals surface area contributed by atoms with Crippen molar-refractivity contribution in [2.45, 2.75) is 13.1 Å². The maximum Gasteiger partial charge on any atom is 0.416 e. The molecule has 0 bridgehead atoms. The topological polar surface area (TPSA) is 76.8 Å². The number of ether oxygens (including phenoxy) is 1. The van der Waals surface area contributed by atoms with Gasteiger partial charge in [-0.05, 0) is 48.9 Å². The van der Waals surface area contributed by atoms with Gasteiger partial charge in [0.05, 0.1) is 23.3 Å². The maximum absolute atomic E-state index is 12.7. The lowest BCUT2D eigenvalue weighted by atomic mass is 10.1. The quantitative estimate of drug-likeness (QED) is 0.489. The molecular weight excluding hydrogens is 339 g/mol. The fraction of sp³-hybridized carbons (Fsp3) is 0.188. The van der Waals surface area contributed by atoms with Gasteiger partial charge in [0.2, 0.25) is 0 Å². The minimum absolute atomic E-state index is 0.133. The van der Waals surface area contributed by atoms with Crippen molar-refractivity contribution in [3.05, 3.63) is 63.7 Å². The molecule has 0 radical (unpaired) electrons. The van der Waals surface area contributed by atoms with E-state index >= 15 is 0 Å². The van der Waals surface area contributed by atoms with Crippen molar-refractivity contribution in [1.29, 1.82) is 0 Å². The summed E-state index contributed by atoms with van der Waals surface area (Å²) in [6.07, 6.45) is -4.66. The molecule has 0 aliphatic carbocycles. The van der Waals surface area contributed by atoms with Gasteiger partial charge in [0, 0.05) is 6.07 Å². The van der Waals surface area contributed by atoms with Crippen LogP contribution in [0.4, 0.5) is 24.5 Å². The highest BCUT2D eigenvalue weighted by atomic mass is 19.4. The Hall–Kier alpha value is -3.10. The van der Waals surface area contributed by atoms with Crippen LogP contribution in [0.1, 0.15) is 18.1 Å². The van der Waals surface area contributed by atoms with Crippen molar-refractivity contribution in [2.75, 3.05) is 12.5 Å². The van der Waals surface area contributed by atoms with E-state index in [1.165, 1.54) is 7.11 Å². The van der Waals surface area contributed by atoms with Crippen LogP contribution < -0.4 is 10.2 Å². The number of hydrogen-bond donors (Lipinski definition) is 1. The maximum atomic E-state index is 12.7. The smallest absolute Gasteiger partial charge is 0.416 e. The van der Waals surface area contributed by atoms with Gasteiger partial charge < -0.3 is 4.74 Å². The van der Waals surface area contributed by atoms with Gasteiger partial charge >= 0.3 is 6.18 Å². The van der Waals surface area contributed by atoms with E-state index in [1.54, 1.807) is 31.2 Å². The highest BCUT2D eigenvalue weighted by Crippen LogP contribution is 2.35. The molecule has 0 saturated heterocycles. The molecule has 0 fully saturated rings. The number of hydrogen-bond acceptors (Lipinski definition) is 5. The van der Waals surface area contributed by atoms with E-state index in [2.05, 4.69) is 10.5 Å². The molecule has 0 aliphatic heterocycles. The number of hydrazone groups is 1. The van der Waals surface area contributed by atoms with E-state index in [0.717, 1.165) is 17.7 Å². The minimum atomic E-state index is -4.66. The van der Waals surface area contributed by atoms with Gasteiger partial charge in [0.1, 0.15) is 11.4 Å². The molecule has 0 heterocycles. The summed E-state index contributed by atoms with van der Waals surface area (Å²) in [5, 5.41) is 15.0. The van der Waals surface area contributed by atoms with Crippen LogP contribution in [0.2, 0.25) is 0 Å². The van der Waals surface area contributed by atoms with Crippen LogP contribution in [0.25, 0.3) is 0 Å². The number of benzene rings is 2. The van der Waals surface area contributed by atoms with Crippen molar-refractivity contribution in [3.8, 4) is 5.75 Å². The molecule has 0 aliphatic rings. The number of methoxy groups -OCH3 is 1. The average molecular weight is 353 g/mol. The van der Waals surface area contributed by atoms with E-state index in [-0.39, 0.29) is 5.69 Å². The van der Waals surface area contributed by atoms with E-state index < -0.39 is 22.4 Å². The fourth-order valence-corrected chi connectivity index (χ4v) is 1.99. The van der Waals surface area contributed by atoms with E-state index in [9.17, 15) is 23.3 Å². The summed E-state index contributed by atoms with van der Waals surface area (Å²) < 4.78 is 43.1. The minimum Gasteiger partial charge on any atom is -0.497 e. The largest absolute Gasteiger partial charge is 0.497 e. The first-order chi connectivity index (χ1) is 11.7. The highest BCUT2D eigenvalue weighted by Gasteiger charge is 2.33. The van der Waals surface area contributed by atoms with Gasteiger partial charge in [-0.3, -0.25) is 15.5 Å². The molecule has 0 unspecified atom stereocenters. The first-order valence-corrected chi connectivity index (χ1v) is 7.02. The van der Waals surface area contributed by atoms with Gasteiger partial charge in [-0.2, -0.15) is 18.3 Å². The zero-order valence-electron chi connectivity index (χ0n) is 13.3. The molecule has 0 spiro atoms. The summed E-state index contributed by atoms with van der Waals surface area (Å²) in [5.41, 5.74) is 1.73. The summed E-state index contributed by atoms with van der Waals surface area (Å²) in [6.45, 7) is 1.66. The SMILES string of the molecule is COc1ccc(/C(C)=N\Nc2ccc(C(F)(F)F)cc2[N+](=O)[O-])cc1. The molecule has 1 N–H and O–H groups in total. The van der Waals surface area contributed by atoms with E-state index in [4.69, 9.17) is 4.74 Å². The molecule has 2 aromatic rings. The molecule has 6 nitrogen and oxygen atoms in total. The molecule has 0 saturated carbocycles. The number of nitrogens with one attached hydrogen (secondary N) is 1. The third kappa shape index (κ3) is 4.46. The molecule has 25 heavy (non-hydrogen) atoms. The molecular formula is C16H14F3N3O3. The standard InChI is InChI=1S/C16H14F3N3O3/c1-10(11-3-6-13(25-2)7-4-11)20-21-14-8-5-12(16(17,18)19)9-15(14)22(23)24/h3-9,21H,1-2H3/b20-10-. The second-order valence-corrected chi connectivity index (χ2v) is 5.02. The normalized spacial score (nSPS) is 12.0. The fourth-order valence-electron chi connectivity index (χ4n) is 1.99. The number of nitro groups is 1. The van der Waals surface area contributed by atoms with Crippen LogP contribution in [0, 0.1) is 10.1 Å². The Balaban J connectivity index is 2.27. The Labute approximate surface area is 141 Å². The Morgan fingerprint density at radius 3 is 2.36 bits per heavy atom. The van der Waals surface area contributed by atoms with E-state index in [0.29, 0.717) is 17.5 Å². The summed E-state index contributed by atoms with van der Waals surface area (Å²) >= 11 is 0. The third-order valence-electron chi connectivity index (χ3n) is 3.37. The van der Waals surface area contributed by atoms with Crippen LogP contribution in [-0.4, -0.2) is 17.7 Å². The predicted octanol–water partition coefficient (Wildman–Crippen LogP) is 4.46. The number of alkyl halides is 3. The number of nitrogens with zero attached hydrogens (tertiary/aromatic N) is 2. The van der Waals surface area contributed by atoms with Crippen LogP contribution in [0.3, 0.4) is 0 Å². The third-order valence-corrected chi connectivity index (χ3v) is 3.37. The predicted molar refractivity (Wildman–Crippen MR) is 86.9 cm³/mol. The van der Waals surface area contributed by atoms with Crippen molar-refractivity contribution in [3.63, 3.8) is 0 Å². The molecule has 2 aromatic carbocycles. The Morgan fingerprint density at radius 2 is 1.84 bits per heavy atom. The summed E-state index contributed by atoms with van der Waals surface area (Å²) in [4.78, 5) is 10.1. The summed E-state index contributed by atoms with van der Waals surface area (Å²) in [6, 6.07) is 9.12. The van der Waals surface area contributed by atoms with Crippen molar-refractivity contribution in [1.82, 2.24) is 0 Å². The lowest BCUT2D eigenvalue weighted by Gasteiger charge is -2.09. The number of rotatable bonds is 5. The van der Waals surface area contributed by atoms with Crippen molar-refractivity contribution >= 4 is 17.1 Å². The lowest BCUT2D eigenvalue weighted by molar-refractivity contribution is -0.384. The Morgan fingerprint density at radius 1 is 1.20 bits per heavy atom. The van der Waals surface area contributed by atoms with Gasteiger partial charge in [-0.25, -0.2) is 0 Å². The molecule has 2 rings (SSSR count). The zero-order chi connectivity index (χ0) is 18.6. The Bertz CT molecular complexity index is 803. The first-order valence-electron chi connectivity index (χ1n) is 7.02. The average Bonchev–Trinajstić information content (AvgIpc) is 2.58. The van der Waals surface area contributed by atoms with Gasteiger partial charge in [0.15, 0.2) is 0 Å². The van der Waals surface area contributed by atoms with Crippen molar-refractivity contribution in [2.24, 2.45) is 5.10 Å². The van der Waals surface area contributed by atoms with Crippen LogP contribution in [-0.2, 0) is 6.18 Å². The van der Waals surface area contributed by atoms with Crippen LogP contribution in [0.5, 0.6) is 5.75 Å². The van der Waals surface area contributed by atoms with Crippen LogP contribution >= 0.6 is 0 Å². The van der Waals surface area contributed by atoms with Crippen LogP contribution in [0.15, 0.2) is 47.6 Å². The lowest BCUT2D eigenvalue weighted by Crippen LogP contribution is -2.07. The molecule has 0 atom stereocenters. The van der Waals surface area contributed by atoms with Gasteiger partial charge in [-0.15, -0.1) is 0 Å². The van der Waals surface area contributed by atoms with Gasteiger partial charge in [-0.1, -0.05) is 0 Å². The molecule has 132 valence electrons.